The molecule has 1 fully saturated rings. The average Bonchev–Trinajstić information content (AvgIpc) is 3.61. The molecule has 0 heterocycles. The Kier molecular flexibility index (Phi) is 7.70. The van der Waals surface area contributed by atoms with Crippen molar-refractivity contribution in [2.45, 2.75) is 39.5 Å². The maximum Gasteiger partial charge on any atom is 0.248 e. The van der Waals surface area contributed by atoms with Crippen LogP contribution in [-0.4, -0.2) is 25.5 Å². The van der Waals surface area contributed by atoms with Crippen molar-refractivity contribution in [1.82, 2.24) is 0 Å². The maximum absolute atomic E-state index is 12.4. The predicted molar refractivity (Wildman–Crippen MR) is 124 cm³/mol. The Bertz CT molecular complexity index is 964. The summed E-state index contributed by atoms with van der Waals surface area (Å²) in [4.78, 5) is 24.4. The number of benzene rings is 2. The van der Waals surface area contributed by atoms with Gasteiger partial charge in [0.1, 0.15) is 0 Å². The molecule has 1 saturated carbocycles. The Balaban J connectivity index is 1.62. The number of anilines is 2. The molecule has 1 aliphatic carbocycles. The van der Waals surface area contributed by atoms with Crippen LogP contribution in [0.3, 0.4) is 0 Å². The van der Waals surface area contributed by atoms with Crippen LogP contribution < -0.4 is 20.1 Å². The third-order valence-corrected chi connectivity index (χ3v) is 5.08. The first kappa shape index (κ1) is 22.4. The molecule has 0 aliphatic heterocycles. The molecule has 6 heteroatoms. The largest absolute Gasteiger partial charge is 0.493 e. The molecule has 0 unspecified atom stereocenters. The highest BCUT2D eigenvalue weighted by Gasteiger charge is 2.29. The number of hydrogen-bond donors (Lipinski definition) is 2. The van der Waals surface area contributed by atoms with Gasteiger partial charge in [0.25, 0.3) is 0 Å². The van der Waals surface area contributed by atoms with E-state index in [2.05, 4.69) is 17.6 Å². The van der Waals surface area contributed by atoms with Crippen LogP contribution in [0.5, 0.6) is 11.5 Å². The smallest absolute Gasteiger partial charge is 0.248 e. The second-order valence-electron chi connectivity index (χ2n) is 7.73. The Morgan fingerprint density at radius 2 is 1.90 bits per heavy atom. The number of unbranched alkanes of at least 4 members (excludes halogenated alkanes) is 1. The molecule has 0 bridgehead atoms. The number of hydrogen-bond acceptors (Lipinski definition) is 4. The standard InChI is InChI=1S/C25H30N2O4/c1-4-5-14-31-22-12-7-18(15-23(22)30-3)8-13-24(28)27-21-16-20(11-6-17(21)2)26-25(29)19-9-10-19/h6-8,11-13,15-16,19H,4-5,9-10,14H2,1-3H3,(H,26,29)(H,27,28)/b13-8+. The fraction of sp³-hybridized carbons (Fsp3) is 0.360. The molecule has 164 valence electrons. The van der Waals surface area contributed by atoms with E-state index in [0.717, 1.165) is 36.8 Å². The van der Waals surface area contributed by atoms with Gasteiger partial charge in [-0.2, -0.15) is 0 Å². The van der Waals surface area contributed by atoms with Gasteiger partial charge in [-0.05, 0) is 67.7 Å². The van der Waals surface area contributed by atoms with Crippen LogP contribution in [0.4, 0.5) is 11.4 Å². The van der Waals surface area contributed by atoms with Gasteiger partial charge in [-0.25, -0.2) is 0 Å². The van der Waals surface area contributed by atoms with Crippen LogP contribution in [0.25, 0.3) is 6.08 Å². The number of aryl methyl sites for hydroxylation is 1. The van der Waals surface area contributed by atoms with Gasteiger partial charge >= 0.3 is 0 Å². The van der Waals surface area contributed by atoms with Crippen LogP contribution in [0.2, 0.25) is 0 Å². The monoisotopic (exact) mass is 422 g/mol. The molecule has 31 heavy (non-hydrogen) atoms. The van der Waals surface area contributed by atoms with Crippen molar-refractivity contribution in [3.05, 3.63) is 53.6 Å². The number of carbonyl (C=O) groups excluding carboxylic acids is 2. The first-order valence-corrected chi connectivity index (χ1v) is 10.7. The summed E-state index contributed by atoms with van der Waals surface area (Å²) < 4.78 is 11.1. The SMILES string of the molecule is CCCCOc1ccc(/C=C/C(=O)Nc2cc(NC(=O)C3CC3)ccc2C)cc1OC. The molecular weight excluding hydrogens is 392 g/mol. The summed E-state index contributed by atoms with van der Waals surface area (Å²) in [5.74, 6) is 1.24. The van der Waals surface area contributed by atoms with Crippen molar-refractivity contribution in [3.63, 3.8) is 0 Å². The van der Waals surface area contributed by atoms with E-state index in [-0.39, 0.29) is 17.7 Å². The second kappa shape index (κ2) is 10.7. The first-order chi connectivity index (χ1) is 15.0. The van der Waals surface area contributed by atoms with E-state index in [1.54, 1.807) is 19.3 Å². The van der Waals surface area contributed by atoms with Gasteiger partial charge in [-0.3, -0.25) is 9.59 Å². The fourth-order valence-corrected chi connectivity index (χ4v) is 3.00. The van der Waals surface area contributed by atoms with Gasteiger partial charge in [0.15, 0.2) is 11.5 Å². The van der Waals surface area contributed by atoms with E-state index in [1.165, 1.54) is 6.08 Å². The predicted octanol–water partition coefficient (Wildman–Crippen LogP) is 5.18. The minimum Gasteiger partial charge on any atom is -0.493 e. The van der Waals surface area contributed by atoms with Crippen molar-refractivity contribution < 1.29 is 19.1 Å². The van der Waals surface area contributed by atoms with Gasteiger partial charge < -0.3 is 20.1 Å². The quantitative estimate of drug-likeness (QED) is 0.408. The number of rotatable bonds is 10. The molecule has 0 saturated heterocycles. The van der Waals surface area contributed by atoms with E-state index >= 15 is 0 Å². The summed E-state index contributed by atoms with van der Waals surface area (Å²) in [7, 11) is 1.60. The van der Waals surface area contributed by atoms with Crippen molar-refractivity contribution in [2.75, 3.05) is 24.4 Å². The van der Waals surface area contributed by atoms with Crippen LogP contribution in [-0.2, 0) is 9.59 Å². The Hall–Kier alpha value is -3.28. The Morgan fingerprint density at radius 3 is 2.61 bits per heavy atom. The second-order valence-corrected chi connectivity index (χ2v) is 7.73. The molecule has 0 atom stereocenters. The summed E-state index contributed by atoms with van der Waals surface area (Å²) >= 11 is 0. The number of ether oxygens (including phenoxy) is 2. The molecule has 2 amide bonds. The molecule has 2 aromatic carbocycles. The number of amides is 2. The van der Waals surface area contributed by atoms with Crippen LogP contribution >= 0.6 is 0 Å². The summed E-state index contributed by atoms with van der Waals surface area (Å²) in [5.41, 5.74) is 3.10. The van der Waals surface area contributed by atoms with Crippen molar-refractivity contribution in [1.29, 1.82) is 0 Å². The average molecular weight is 423 g/mol. The third kappa shape index (κ3) is 6.60. The zero-order chi connectivity index (χ0) is 22.2. The highest BCUT2D eigenvalue weighted by Crippen LogP contribution is 2.31. The molecule has 0 aromatic heterocycles. The Morgan fingerprint density at radius 1 is 1.10 bits per heavy atom. The van der Waals surface area contributed by atoms with E-state index in [9.17, 15) is 9.59 Å². The Labute approximate surface area is 183 Å². The minimum absolute atomic E-state index is 0.0390. The summed E-state index contributed by atoms with van der Waals surface area (Å²) in [6.45, 7) is 4.67. The summed E-state index contributed by atoms with van der Waals surface area (Å²) in [6.07, 6.45) is 7.14. The highest BCUT2D eigenvalue weighted by molar-refractivity contribution is 6.03. The van der Waals surface area contributed by atoms with Crippen molar-refractivity contribution in [2.24, 2.45) is 5.92 Å². The van der Waals surface area contributed by atoms with Gasteiger partial charge in [-0.15, -0.1) is 0 Å². The van der Waals surface area contributed by atoms with Gasteiger partial charge in [0, 0.05) is 23.4 Å². The summed E-state index contributed by atoms with van der Waals surface area (Å²) in [6, 6.07) is 11.1. The van der Waals surface area contributed by atoms with Gasteiger partial charge in [-0.1, -0.05) is 25.5 Å². The van der Waals surface area contributed by atoms with E-state index in [4.69, 9.17) is 9.47 Å². The molecule has 2 N–H and O–H groups in total. The van der Waals surface area contributed by atoms with Gasteiger partial charge in [0.05, 0.1) is 13.7 Å². The van der Waals surface area contributed by atoms with E-state index in [0.29, 0.717) is 29.5 Å². The van der Waals surface area contributed by atoms with Gasteiger partial charge in [0.2, 0.25) is 11.8 Å². The minimum atomic E-state index is -0.254. The first-order valence-electron chi connectivity index (χ1n) is 10.7. The van der Waals surface area contributed by atoms with Crippen molar-refractivity contribution >= 4 is 29.3 Å². The highest BCUT2D eigenvalue weighted by atomic mass is 16.5. The normalized spacial score (nSPS) is 13.1. The lowest BCUT2D eigenvalue weighted by Gasteiger charge is -2.11. The number of nitrogens with one attached hydrogen (secondary N) is 2. The molecule has 0 radical (unpaired) electrons. The molecule has 0 spiro atoms. The molecule has 1 aliphatic rings. The molecular formula is C25H30N2O4. The van der Waals surface area contributed by atoms with E-state index in [1.807, 2.05) is 37.3 Å². The third-order valence-electron chi connectivity index (χ3n) is 5.08. The maximum atomic E-state index is 12.4. The van der Waals surface area contributed by atoms with Crippen LogP contribution in [0.15, 0.2) is 42.5 Å². The number of methoxy groups -OCH3 is 1. The molecule has 6 nitrogen and oxygen atoms in total. The van der Waals surface area contributed by atoms with Crippen LogP contribution in [0, 0.1) is 12.8 Å². The lowest BCUT2D eigenvalue weighted by molar-refractivity contribution is -0.117. The molecule has 2 aromatic rings. The summed E-state index contributed by atoms with van der Waals surface area (Å²) in [5, 5.41) is 5.78. The zero-order valence-electron chi connectivity index (χ0n) is 18.4. The van der Waals surface area contributed by atoms with E-state index < -0.39 is 0 Å². The lowest BCUT2D eigenvalue weighted by Crippen LogP contribution is -2.14. The zero-order valence-corrected chi connectivity index (χ0v) is 18.4. The topological polar surface area (TPSA) is 76.7 Å². The number of carbonyl (C=O) groups is 2. The van der Waals surface area contributed by atoms with Crippen molar-refractivity contribution in [3.8, 4) is 11.5 Å². The molecule has 3 rings (SSSR count). The lowest BCUT2D eigenvalue weighted by atomic mass is 10.1. The van der Waals surface area contributed by atoms with Crippen LogP contribution in [0.1, 0.15) is 43.7 Å². The fourth-order valence-electron chi connectivity index (χ4n) is 3.00.